The maximum Gasteiger partial charge on any atom is 0.328 e. The van der Waals surface area contributed by atoms with Crippen LogP contribution in [0.25, 0.3) is 0 Å². The SMILES string of the molecule is C[C@H]1C[C@H]2C(=O)OC[C@H](NC(=O)[C@H](Cc3ccccc3)NC(=O)Nc3ccc(I)cc3)C(=O)N3CCC[C@H]3C(=O)N3CCCC[C@H]3C(=O)N[C@@H](C)C(=O)N2C1. The first kappa shape index (κ1) is 39.9. The van der Waals surface area contributed by atoms with Crippen LogP contribution in [0.5, 0.6) is 0 Å². The number of carbonyl (C=O) groups is 7. The third-order valence-electron chi connectivity index (χ3n) is 10.7. The monoisotopic (exact) mass is 869 g/mol. The number of ether oxygens (including phenoxy) is 1. The molecule has 4 fully saturated rings. The second kappa shape index (κ2) is 17.8. The number of piperidine rings is 1. The number of carbonyl (C=O) groups excluding carboxylic acids is 7. The van der Waals surface area contributed by atoms with E-state index in [-0.39, 0.29) is 31.3 Å². The van der Waals surface area contributed by atoms with Crippen LogP contribution in [0, 0.1) is 9.49 Å². The molecule has 15 nitrogen and oxygen atoms in total. The lowest BCUT2D eigenvalue weighted by atomic mass is 9.99. The molecule has 4 aliphatic rings. The van der Waals surface area contributed by atoms with E-state index >= 15 is 0 Å². The second-order valence-electron chi connectivity index (χ2n) is 14.8. The van der Waals surface area contributed by atoms with Gasteiger partial charge in [-0.3, -0.25) is 24.0 Å². The fourth-order valence-corrected chi connectivity index (χ4v) is 8.27. The zero-order valence-corrected chi connectivity index (χ0v) is 33.2. The fraction of sp³-hybridized carbons (Fsp3) is 0.513. The zero-order chi connectivity index (χ0) is 39.2. The standard InChI is InChI=1S/C39H48IN7O8/c1-23-19-32-38(53)55-22-29(43-33(48)28(20-25-9-4-3-5-10-25)44-39(54)42-27-15-13-26(40)14-16-27)36(51)46-18-8-12-31(46)37(52)45-17-7-6-11-30(45)34(49)41-24(2)35(50)47(32)21-23/h3-5,9-10,13-16,23-24,28-32H,6-8,11-12,17-22H2,1-2H3,(H,41,49)(H,43,48)(H2,42,44,54)/t23-,24-,28-,29-,30-,31-,32-/m0/s1. The van der Waals surface area contributed by atoms with E-state index in [1.54, 1.807) is 31.2 Å². The van der Waals surface area contributed by atoms with Crippen LogP contribution in [0.3, 0.4) is 0 Å². The van der Waals surface area contributed by atoms with E-state index < -0.39 is 78.5 Å². The van der Waals surface area contributed by atoms with Gasteiger partial charge in [-0.05, 0) is 104 Å². The smallest absolute Gasteiger partial charge is 0.328 e. The number of hydrogen-bond acceptors (Lipinski definition) is 8. The molecule has 2 aromatic carbocycles. The largest absolute Gasteiger partial charge is 0.461 e. The molecular weight excluding hydrogens is 821 g/mol. The number of amides is 7. The van der Waals surface area contributed by atoms with E-state index in [0.29, 0.717) is 50.8 Å². The molecular formula is C39H48IN7O8. The van der Waals surface area contributed by atoms with Crippen LogP contribution in [0.4, 0.5) is 10.5 Å². The lowest BCUT2D eigenvalue weighted by Crippen LogP contribution is -2.62. The molecule has 0 spiro atoms. The Morgan fingerprint density at radius 3 is 2.27 bits per heavy atom. The molecule has 2 aromatic rings. The average Bonchev–Trinajstić information content (AvgIpc) is 3.83. The molecule has 16 heteroatoms. The van der Waals surface area contributed by atoms with E-state index in [0.717, 1.165) is 9.13 Å². The summed E-state index contributed by atoms with van der Waals surface area (Å²) in [6.45, 7) is 3.69. The summed E-state index contributed by atoms with van der Waals surface area (Å²) in [6, 6.07) is 9.26. The molecule has 55 heavy (non-hydrogen) atoms. The van der Waals surface area contributed by atoms with Gasteiger partial charge in [0, 0.05) is 35.3 Å². The fourth-order valence-electron chi connectivity index (χ4n) is 7.91. The van der Waals surface area contributed by atoms with Gasteiger partial charge in [-0.1, -0.05) is 37.3 Å². The predicted octanol–water partition coefficient (Wildman–Crippen LogP) is 2.18. The van der Waals surface area contributed by atoms with Crippen molar-refractivity contribution in [3.05, 3.63) is 63.7 Å². The van der Waals surface area contributed by atoms with Crippen LogP contribution in [-0.2, 0) is 39.9 Å². The number of benzene rings is 2. The average molecular weight is 870 g/mol. The molecule has 4 heterocycles. The van der Waals surface area contributed by atoms with Crippen molar-refractivity contribution in [2.24, 2.45) is 5.92 Å². The van der Waals surface area contributed by atoms with E-state index in [1.165, 1.54) is 14.7 Å². The van der Waals surface area contributed by atoms with Crippen LogP contribution in [0.1, 0.15) is 57.9 Å². The van der Waals surface area contributed by atoms with E-state index in [1.807, 2.05) is 37.3 Å². The highest BCUT2D eigenvalue weighted by atomic mass is 127. The minimum absolute atomic E-state index is 0.0455. The normalized spacial score (nSPS) is 27.0. The molecule has 0 saturated carbocycles. The minimum atomic E-state index is -1.43. The Kier molecular flexibility index (Phi) is 12.9. The van der Waals surface area contributed by atoms with Gasteiger partial charge in [0.05, 0.1) is 0 Å². The van der Waals surface area contributed by atoms with Gasteiger partial charge in [0.25, 0.3) is 0 Å². The van der Waals surface area contributed by atoms with Crippen molar-refractivity contribution in [2.45, 2.75) is 95.0 Å². The zero-order valence-electron chi connectivity index (χ0n) is 31.0. The van der Waals surface area contributed by atoms with Crippen molar-refractivity contribution in [2.75, 3.05) is 31.6 Å². The lowest BCUT2D eigenvalue weighted by Gasteiger charge is -2.39. The number of esters is 1. The van der Waals surface area contributed by atoms with Crippen molar-refractivity contribution in [1.82, 2.24) is 30.7 Å². The molecule has 4 saturated heterocycles. The van der Waals surface area contributed by atoms with E-state index in [4.69, 9.17) is 4.74 Å². The summed E-state index contributed by atoms with van der Waals surface area (Å²) < 4.78 is 6.72. The third-order valence-corrected chi connectivity index (χ3v) is 11.4. The van der Waals surface area contributed by atoms with Crippen molar-refractivity contribution in [3.8, 4) is 0 Å². The predicted molar refractivity (Wildman–Crippen MR) is 209 cm³/mol. The first-order valence-corrected chi connectivity index (χ1v) is 20.0. The number of hydrogen-bond donors (Lipinski definition) is 4. The molecule has 4 aliphatic heterocycles. The maximum atomic E-state index is 14.5. The van der Waals surface area contributed by atoms with Gasteiger partial charge in [0.1, 0.15) is 42.9 Å². The highest BCUT2D eigenvalue weighted by molar-refractivity contribution is 14.1. The molecule has 6 rings (SSSR count). The molecule has 7 atom stereocenters. The van der Waals surface area contributed by atoms with Crippen LogP contribution in [-0.4, -0.2) is 119 Å². The van der Waals surface area contributed by atoms with E-state index in [9.17, 15) is 33.6 Å². The molecule has 0 unspecified atom stereocenters. The number of cyclic esters (lactones) is 1. The van der Waals surface area contributed by atoms with Gasteiger partial charge >= 0.3 is 12.0 Å². The summed E-state index contributed by atoms with van der Waals surface area (Å²) in [5.41, 5.74) is 1.25. The van der Waals surface area contributed by atoms with Crippen molar-refractivity contribution >= 4 is 69.8 Å². The van der Waals surface area contributed by atoms with E-state index in [2.05, 4.69) is 43.9 Å². The topological polar surface area (TPSA) is 187 Å². The van der Waals surface area contributed by atoms with Gasteiger partial charge < -0.3 is 40.7 Å². The van der Waals surface area contributed by atoms with Gasteiger partial charge in [0.2, 0.25) is 29.5 Å². The molecule has 4 N–H and O–H groups in total. The number of anilines is 1. The highest BCUT2D eigenvalue weighted by Crippen LogP contribution is 2.28. The minimum Gasteiger partial charge on any atom is -0.461 e. The van der Waals surface area contributed by atoms with Crippen LogP contribution >= 0.6 is 22.6 Å². The first-order chi connectivity index (χ1) is 26.4. The molecule has 294 valence electrons. The van der Waals surface area contributed by atoms with Crippen LogP contribution in [0.2, 0.25) is 0 Å². The quantitative estimate of drug-likeness (QED) is 0.252. The Bertz CT molecular complexity index is 1780. The third kappa shape index (κ3) is 9.56. The van der Waals surface area contributed by atoms with Crippen molar-refractivity contribution in [3.63, 3.8) is 0 Å². The summed E-state index contributed by atoms with van der Waals surface area (Å²) in [7, 11) is 0. The summed E-state index contributed by atoms with van der Waals surface area (Å²) >= 11 is 2.15. The number of nitrogens with zero attached hydrogens (tertiary/aromatic N) is 3. The Labute approximate surface area is 333 Å². The number of urea groups is 1. The molecule has 0 aliphatic carbocycles. The molecule has 0 radical (unpaired) electrons. The van der Waals surface area contributed by atoms with Crippen molar-refractivity contribution in [1.29, 1.82) is 0 Å². The van der Waals surface area contributed by atoms with Gasteiger partial charge in [0.15, 0.2) is 0 Å². The summed E-state index contributed by atoms with van der Waals surface area (Å²) in [5, 5.41) is 11.0. The Hall–Kier alpha value is -4.74. The first-order valence-electron chi connectivity index (χ1n) is 19.0. The Morgan fingerprint density at radius 2 is 1.53 bits per heavy atom. The Balaban J connectivity index is 1.29. The summed E-state index contributed by atoms with van der Waals surface area (Å²) in [6.07, 6.45) is 3.03. The number of halogens is 1. The second-order valence-corrected chi connectivity index (χ2v) is 16.1. The highest BCUT2D eigenvalue weighted by Gasteiger charge is 2.46. The van der Waals surface area contributed by atoms with Crippen molar-refractivity contribution < 1.29 is 38.3 Å². The summed E-state index contributed by atoms with van der Waals surface area (Å²) in [4.78, 5) is 101. The lowest BCUT2D eigenvalue weighted by molar-refractivity contribution is -0.158. The van der Waals surface area contributed by atoms with Crippen LogP contribution < -0.4 is 21.3 Å². The summed E-state index contributed by atoms with van der Waals surface area (Å²) in [5.74, 6) is -3.44. The molecule has 0 bridgehead atoms. The molecule has 0 aromatic heterocycles. The number of nitrogens with one attached hydrogen (secondary N) is 4. The van der Waals surface area contributed by atoms with Crippen LogP contribution in [0.15, 0.2) is 54.6 Å². The Morgan fingerprint density at radius 1 is 0.836 bits per heavy atom. The number of rotatable bonds is 6. The van der Waals surface area contributed by atoms with Gasteiger partial charge in [-0.15, -0.1) is 0 Å². The number of fused-ring (bicyclic) bond motifs is 3. The molecule has 7 amide bonds. The maximum absolute atomic E-state index is 14.5. The van der Waals surface area contributed by atoms with Gasteiger partial charge in [-0.25, -0.2) is 9.59 Å². The van der Waals surface area contributed by atoms with Gasteiger partial charge in [-0.2, -0.15) is 0 Å².